The number of urea groups is 1. The minimum Gasteiger partial charge on any atom is -0.244 e. The molecular weight excluding hydrogens is 170 g/mol. The van der Waals surface area contributed by atoms with Crippen molar-refractivity contribution in [1.29, 1.82) is 0 Å². The summed E-state index contributed by atoms with van der Waals surface area (Å²) < 4.78 is 1.43. The summed E-state index contributed by atoms with van der Waals surface area (Å²) in [6.45, 7) is 1.80. The molecule has 0 N–H and O–H groups in total. The Morgan fingerprint density at radius 2 is 2.31 bits per heavy atom. The Morgan fingerprint density at radius 3 is 3.00 bits per heavy atom. The second-order valence-electron chi connectivity index (χ2n) is 2.50. The van der Waals surface area contributed by atoms with E-state index in [4.69, 9.17) is 0 Å². The Morgan fingerprint density at radius 1 is 1.46 bits per heavy atom. The topological polar surface area (TPSA) is 74.2 Å². The molecule has 0 spiro atoms. The van der Waals surface area contributed by atoms with E-state index in [1.165, 1.54) is 23.5 Å². The molecule has 0 saturated heterocycles. The van der Waals surface area contributed by atoms with Gasteiger partial charge < -0.3 is 0 Å². The van der Waals surface area contributed by atoms with Crippen LogP contribution >= 0.6 is 0 Å². The zero-order chi connectivity index (χ0) is 9.26. The second kappa shape index (κ2) is 2.81. The third-order valence-corrected chi connectivity index (χ3v) is 1.56. The maximum atomic E-state index is 10.9. The summed E-state index contributed by atoms with van der Waals surface area (Å²) in [5.41, 5.74) is 0.783. The predicted octanol–water partition coefficient (Wildman–Crippen LogP) is 0.166. The second-order valence-corrected chi connectivity index (χ2v) is 2.50. The van der Waals surface area contributed by atoms with Crippen LogP contribution in [0.3, 0.4) is 0 Å². The number of hydrogen-bond donors (Lipinski definition) is 0. The highest BCUT2D eigenvalue weighted by molar-refractivity contribution is 6.06. The van der Waals surface area contributed by atoms with Crippen LogP contribution in [0.15, 0.2) is 29.4 Å². The zero-order valence-electron chi connectivity index (χ0n) is 6.88. The number of amides is 2. The van der Waals surface area contributed by atoms with Gasteiger partial charge in [0.05, 0.1) is 0 Å². The summed E-state index contributed by atoms with van der Waals surface area (Å²) in [5, 5.41) is 7.39. The molecule has 0 atom stereocenters. The van der Waals surface area contributed by atoms with E-state index in [0.29, 0.717) is 5.84 Å². The average molecular weight is 176 g/mol. The number of nitrogens with zero attached hydrogens (tertiary/aromatic N) is 5. The number of rotatable bonds is 0. The minimum absolute atomic E-state index is 0.470. The van der Waals surface area contributed by atoms with Gasteiger partial charge in [0, 0.05) is 11.8 Å². The zero-order valence-corrected chi connectivity index (χ0v) is 6.88. The lowest BCUT2D eigenvalue weighted by atomic mass is 10.3. The van der Waals surface area contributed by atoms with Crippen molar-refractivity contribution in [2.45, 2.75) is 6.92 Å². The van der Waals surface area contributed by atoms with Crippen LogP contribution in [0.4, 0.5) is 4.79 Å². The third-order valence-electron chi connectivity index (χ3n) is 1.56. The molecule has 1 aromatic rings. The Kier molecular flexibility index (Phi) is 1.66. The molecule has 0 bridgehead atoms. The molecule has 1 aromatic heterocycles. The SMILES string of the molecule is CC1=C[N]C(=O)N=C1n1cncn1. The number of hydrogen-bond acceptors (Lipinski definition) is 3. The Labute approximate surface area is 74.0 Å². The summed E-state index contributed by atoms with van der Waals surface area (Å²) in [5.74, 6) is 0.470. The fraction of sp³-hybridized carbons (Fsp3) is 0.143. The molecule has 0 saturated carbocycles. The van der Waals surface area contributed by atoms with Gasteiger partial charge in [-0.25, -0.2) is 14.5 Å². The monoisotopic (exact) mass is 176 g/mol. The van der Waals surface area contributed by atoms with Crippen LogP contribution in [0.5, 0.6) is 0 Å². The molecule has 1 aliphatic rings. The van der Waals surface area contributed by atoms with Gasteiger partial charge in [0.2, 0.25) is 0 Å². The van der Waals surface area contributed by atoms with Gasteiger partial charge in [-0.1, -0.05) is 0 Å². The van der Waals surface area contributed by atoms with Crippen molar-refractivity contribution in [3.8, 4) is 0 Å². The average Bonchev–Trinajstić information content (AvgIpc) is 2.61. The van der Waals surface area contributed by atoms with E-state index >= 15 is 0 Å². The van der Waals surface area contributed by atoms with E-state index < -0.39 is 6.03 Å². The van der Waals surface area contributed by atoms with E-state index in [9.17, 15) is 4.79 Å². The van der Waals surface area contributed by atoms with Crippen LogP contribution in [0.1, 0.15) is 6.92 Å². The van der Waals surface area contributed by atoms with Crippen molar-refractivity contribution < 1.29 is 4.79 Å². The first-order valence-electron chi connectivity index (χ1n) is 3.63. The minimum atomic E-state index is -0.517. The van der Waals surface area contributed by atoms with Gasteiger partial charge >= 0.3 is 6.03 Å². The summed E-state index contributed by atoms with van der Waals surface area (Å²) in [6.07, 6.45) is 4.33. The van der Waals surface area contributed by atoms with Crippen LogP contribution in [-0.4, -0.2) is 26.6 Å². The first-order chi connectivity index (χ1) is 6.27. The molecule has 0 aromatic carbocycles. The number of carbonyl (C=O) groups excluding carboxylic acids is 1. The summed E-state index contributed by atoms with van der Waals surface area (Å²) in [6, 6.07) is -0.517. The molecule has 1 radical (unpaired) electrons. The van der Waals surface area contributed by atoms with Crippen molar-refractivity contribution in [3.63, 3.8) is 0 Å². The first-order valence-corrected chi connectivity index (χ1v) is 3.63. The van der Waals surface area contributed by atoms with Crippen LogP contribution in [0.2, 0.25) is 0 Å². The van der Waals surface area contributed by atoms with Gasteiger partial charge in [-0.2, -0.15) is 15.4 Å². The van der Waals surface area contributed by atoms with Crippen LogP contribution in [0.25, 0.3) is 0 Å². The number of aromatic nitrogens is 3. The van der Waals surface area contributed by atoms with Crippen LogP contribution in [-0.2, 0) is 0 Å². The smallest absolute Gasteiger partial charge is 0.244 e. The van der Waals surface area contributed by atoms with Gasteiger partial charge in [0.15, 0.2) is 5.84 Å². The molecule has 1 aliphatic heterocycles. The molecule has 6 nitrogen and oxygen atoms in total. The highest BCUT2D eigenvalue weighted by Gasteiger charge is 2.14. The molecule has 0 fully saturated rings. The molecule has 6 heteroatoms. The third kappa shape index (κ3) is 1.33. The predicted molar refractivity (Wildman–Crippen MR) is 44.1 cm³/mol. The molecule has 2 heterocycles. The lowest BCUT2D eigenvalue weighted by molar-refractivity contribution is 0.251. The molecule has 2 amide bonds. The highest BCUT2D eigenvalue weighted by Crippen LogP contribution is 2.03. The van der Waals surface area contributed by atoms with Crippen molar-refractivity contribution in [2.75, 3.05) is 0 Å². The highest BCUT2D eigenvalue weighted by atomic mass is 16.2. The van der Waals surface area contributed by atoms with Gasteiger partial charge in [-0.05, 0) is 6.92 Å². The Hall–Kier alpha value is -1.98. The summed E-state index contributed by atoms with van der Waals surface area (Å²) in [4.78, 5) is 18.3. The maximum absolute atomic E-state index is 10.9. The van der Waals surface area contributed by atoms with Crippen molar-refractivity contribution in [2.24, 2.45) is 4.99 Å². The van der Waals surface area contributed by atoms with Crippen LogP contribution in [0, 0.1) is 0 Å². The largest absolute Gasteiger partial charge is 0.369 e. The van der Waals surface area contributed by atoms with Crippen LogP contribution < -0.4 is 5.32 Å². The van der Waals surface area contributed by atoms with E-state index in [1.54, 1.807) is 6.92 Å². The van der Waals surface area contributed by atoms with Gasteiger partial charge in [0.25, 0.3) is 0 Å². The Balaban J connectivity index is 2.43. The molecule has 13 heavy (non-hydrogen) atoms. The first kappa shape index (κ1) is 7.66. The standard InChI is InChI=1S/C7H6N5O/c1-5-2-9-7(13)11-6(5)12-4-8-3-10-12/h2-4H,1H3. The van der Waals surface area contributed by atoms with E-state index in [1.807, 2.05) is 0 Å². The van der Waals surface area contributed by atoms with Crippen molar-refractivity contribution >= 4 is 11.9 Å². The number of carbonyl (C=O) groups is 1. The lowest BCUT2D eigenvalue weighted by Gasteiger charge is -2.08. The molecule has 0 aliphatic carbocycles. The van der Waals surface area contributed by atoms with E-state index in [-0.39, 0.29) is 0 Å². The normalized spacial score (nSPS) is 16.2. The maximum Gasteiger partial charge on any atom is 0.369 e. The molecule has 65 valence electrons. The number of aliphatic imine (C=N–C) groups is 1. The van der Waals surface area contributed by atoms with Gasteiger partial charge in [-0.15, -0.1) is 0 Å². The fourth-order valence-electron chi connectivity index (χ4n) is 0.967. The van der Waals surface area contributed by atoms with E-state index in [0.717, 1.165) is 5.57 Å². The Bertz CT molecular complexity index is 389. The van der Waals surface area contributed by atoms with Crippen molar-refractivity contribution in [1.82, 2.24) is 20.1 Å². The lowest BCUT2D eigenvalue weighted by Crippen LogP contribution is -2.23. The summed E-state index contributed by atoms with van der Waals surface area (Å²) in [7, 11) is 0. The molecular formula is C7H6N5O. The number of allylic oxidation sites excluding steroid dienone is 1. The summed E-state index contributed by atoms with van der Waals surface area (Å²) >= 11 is 0. The molecule has 2 rings (SSSR count). The van der Waals surface area contributed by atoms with Crippen molar-refractivity contribution in [3.05, 3.63) is 24.4 Å². The van der Waals surface area contributed by atoms with E-state index in [2.05, 4.69) is 20.4 Å². The quantitative estimate of drug-likeness (QED) is 0.565. The van der Waals surface area contributed by atoms with Gasteiger partial charge in [-0.3, -0.25) is 0 Å². The molecule has 0 unspecified atom stereocenters. The van der Waals surface area contributed by atoms with Gasteiger partial charge in [0.1, 0.15) is 12.7 Å². The fourth-order valence-corrected chi connectivity index (χ4v) is 0.967.